The van der Waals surface area contributed by atoms with E-state index in [1.54, 1.807) is 48.5 Å². The van der Waals surface area contributed by atoms with Gasteiger partial charge in [-0.05, 0) is 35.4 Å². The molecule has 0 radical (unpaired) electrons. The van der Waals surface area contributed by atoms with Crippen molar-refractivity contribution < 1.29 is 9.53 Å². The van der Waals surface area contributed by atoms with E-state index in [4.69, 9.17) is 21.6 Å². The van der Waals surface area contributed by atoms with Crippen molar-refractivity contribution in [3.8, 4) is 6.07 Å². The van der Waals surface area contributed by atoms with Gasteiger partial charge in [0.15, 0.2) is 0 Å². The van der Waals surface area contributed by atoms with Gasteiger partial charge in [0.1, 0.15) is 6.61 Å². The van der Waals surface area contributed by atoms with Gasteiger partial charge in [-0.1, -0.05) is 35.9 Å². The minimum absolute atomic E-state index is 0.206. The van der Waals surface area contributed by atoms with Gasteiger partial charge in [0.2, 0.25) is 0 Å². The Morgan fingerprint density at radius 1 is 1.05 bits per heavy atom. The molecule has 2 aromatic carbocycles. The molecule has 3 nitrogen and oxygen atoms in total. The summed E-state index contributed by atoms with van der Waals surface area (Å²) >= 11 is 5.78. The normalized spacial score (nSPS) is 9.80. The molecular weight excluding hydrogens is 274 g/mol. The number of benzene rings is 2. The summed E-state index contributed by atoms with van der Waals surface area (Å²) in [6, 6.07) is 16.1. The van der Waals surface area contributed by atoms with Crippen molar-refractivity contribution in [3.63, 3.8) is 0 Å². The van der Waals surface area contributed by atoms with Gasteiger partial charge < -0.3 is 4.74 Å². The monoisotopic (exact) mass is 285 g/mol. The molecule has 0 amide bonds. The topological polar surface area (TPSA) is 50.1 Å². The van der Waals surface area contributed by atoms with E-state index in [9.17, 15) is 4.79 Å². The number of nitrogens with zero attached hydrogens (tertiary/aromatic N) is 1. The molecule has 0 fully saturated rings. The van der Waals surface area contributed by atoms with E-state index < -0.39 is 0 Å². The van der Waals surface area contributed by atoms with Crippen LogP contribution in [0, 0.1) is 11.3 Å². The average Bonchev–Trinajstić information content (AvgIpc) is 2.48. The van der Waals surface area contributed by atoms with E-state index in [1.807, 2.05) is 6.07 Å². The van der Waals surface area contributed by atoms with Crippen molar-refractivity contribution in [1.29, 1.82) is 5.26 Å². The summed E-state index contributed by atoms with van der Waals surface area (Å²) in [7, 11) is 0. The van der Waals surface area contributed by atoms with E-state index in [2.05, 4.69) is 0 Å². The lowest BCUT2D eigenvalue weighted by molar-refractivity contribution is -0.144. The SMILES string of the molecule is N#Cc1ccc(COC(=O)Cc2ccc(Cl)cc2)cc1. The van der Waals surface area contributed by atoms with Crippen molar-refractivity contribution in [1.82, 2.24) is 0 Å². The minimum atomic E-state index is -0.295. The Hall–Kier alpha value is -2.31. The zero-order valence-electron chi connectivity index (χ0n) is 10.7. The average molecular weight is 286 g/mol. The summed E-state index contributed by atoms with van der Waals surface area (Å²) in [5.41, 5.74) is 2.30. The molecule has 20 heavy (non-hydrogen) atoms. The molecule has 0 heterocycles. The molecule has 0 aromatic heterocycles. The lowest BCUT2D eigenvalue weighted by Gasteiger charge is -2.05. The van der Waals surface area contributed by atoms with Crippen LogP contribution in [0.15, 0.2) is 48.5 Å². The number of halogens is 1. The van der Waals surface area contributed by atoms with Gasteiger partial charge in [-0.2, -0.15) is 5.26 Å². The predicted molar refractivity (Wildman–Crippen MR) is 76.1 cm³/mol. The standard InChI is InChI=1S/C16H12ClNO2/c17-15-7-5-12(6-8-15)9-16(19)20-11-14-3-1-13(10-18)2-4-14/h1-8H,9,11H2. The maximum absolute atomic E-state index is 11.7. The van der Waals surface area contributed by atoms with Crippen LogP contribution in [-0.2, 0) is 22.6 Å². The summed E-state index contributed by atoms with van der Waals surface area (Å²) < 4.78 is 5.18. The maximum atomic E-state index is 11.7. The molecular formula is C16H12ClNO2. The number of nitriles is 1. The van der Waals surface area contributed by atoms with Crippen LogP contribution in [0.25, 0.3) is 0 Å². The van der Waals surface area contributed by atoms with Gasteiger partial charge in [-0.3, -0.25) is 4.79 Å². The molecule has 0 aliphatic rings. The minimum Gasteiger partial charge on any atom is -0.461 e. The molecule has 2 rings (SSSR count). The molecule has 4 heteroatoms. The van der Waals surface area contributed by atoms with Crippen molar-refractivity contribution in [2.75, 3.05) is 0 Å². The summed E-state index contributed by atoms with van der Waals surface area (Å²) in [4.78, 5) is 11.7. The second kappa shape index (κ2) is 6.74. The van der Waals surface area contributed by atoms with Crippen LogP contribution >= 0.6 is 11.6 Å². The van der Waals surface area contributed by atoms with Gasteiger partial charge in [-0.25, -0.2) is 0 Å². The molecule has 0 unspecified atom stereocenters. The number of esters is 1. The van der Waals surface area contributed by atoms with Gasteiger partial charge in [0, 0.05) is 5.02 Å². The van der Waals surface area contributed by atoms with Crippen molar-refractivity contribution in [2.24, 2.45) is 0 Å². The molecule has 0 bridgehead atoms. The third kappa shape index (κ3) is 4.11. The highest BCUT2D eigenvalue weighted by molar-refractivity contribution is 6.30. The highest BCUT2D eigenvalue weighted by atomic mass is 35.5. The molecule has 0 atom stereocenters. The Morgan fingerprint density at radius 2 is 1.65 bits per heavy atom. The molecule has 100 valence electrons. The largest absolute Gasteiger partial charge is 0.461 e. The number of ether oxygens (including phenoxy) is 1. The summed E-state index contributed by atoms with van der Waals surface area (Å²) in [6.07, 6.45) is 0.216. The first-order valence-electron chi connectivity index (χ1n) is 6.06. The second-order valence-corrected chi connectivity index (χ2v) is 4.71. The lowest BCUT2D eigenvalue weighted by atomic mass is 10.1. The van der Waals surface area contributed by atoms with Crippen LogP contribution < -0.4 is 0 Å². The molecule has 0 saturated heterocycles. The van der Waals surface area contributed by atoms with Gasteiger partial charge in [0.25, 0.3) is 0 Å². The molecule has 2 aromatic rings. The fourth-order valence-electron chi connectivity index (χ4n) is 1.66. The number of hydrogen-bond donors (Lipinski definition) is 0. The molecule has 0 spiro atoms. The van der Waals surface area contributed by atoms with E-state index in [0.717, 1.165) is 11.1 Å². The van der Waals surface area contributed by atoms with E-state index in [-0.39, 0.29) is 19.0 Å². The van der Waals surface area contributed by atoms with Crippen LogP contribution in [0.3, 0.4) is 0 Å². The fraction of sp³-hybridized carbons (Fsp3) is 0.125. The number of hydrogen-bond acceptors (Lipinski definition) is 3. The third-order valence-electron chi connectivity index (χ3n) is 2.74. The quantitative estimate of drug-likeness (QED) is 0.808. The highest BCUT2D eigenvalue weighted by Gasteiger charge is 2.05. The summed E-state index contributed by atoms with van der Waals surface area (Å²) in [6.45, 7) is 0.206. The van der Waals surface area contributed by atoms with Gasteiger partial charge in [-0.15, -0.1) is 0 Å². The molecule has 0 aliphatic heterocycles. The van der Waals surface area contributed by atoms with Crippen LogP contribution in [0.5, 0.6) is 0 Å². The first-order valence-corrected chi connectivity index (χ1v) is 6.44. The Morgan fingerprint density at radius 3 is 2.25 bits per heavy atom. The van der Waals surface area contributed by atoms with E-state index >= 15 is 0 Å². The molecule has 0 N–H and O–H groups in total. The van der Waals surface area contributed by atoms with Crippen LogP contribution in [0.1, 0.15) is 16.7 Å². The lowest BCUT2D eigenvalue weighted by Crippen LogP contribution is -2.07. The van der Waals surface area contributed by atoms with Crippen LogP contribution in [0.2, 0.25) is 5.02 Å². The number of rotatable bonds is 4. The van der Waals surface area contributed by atoms with Gasteiger partial charge >= 0.3 is 5.97 Å². The molecule has 0 aliphatic carbocycles. The maximum Gasteiger partial charge on any atom is 0.310 e. The Kier molecular flexibility index (Phi) is 4.75. The van der Waals surface area contributed by atoms with Crippen molar-refractivity contribution in [2.45, 2.75) is 13.0 Å². The zero-order valence-corrected chi connectivity index (χ0v) is 11.4. The first-order chi connectivity index (χ1) is 9.67. The summed E-state index contributed by atoms with van der Waals surface area (Å²) in [5.74, 6) is -0.295. The highest BCUT2D eigenvalue weighted by Crippen LogP contribution is 2.11. The fourth-order valence-corrected chi connectivity index (χ4v) is 1.79. The summed E-state index contributed by atoms with van der Waals surface area (Å²) in [5, 5.41) is 9.32. The third-order valence-corrected chi connectivity index (χ3v) is 3.00. The van der Waals surface area contributed by atoms with Gasteiger partial charge in [0.05, 0.1) is 18.1 Å². The Labute approximate surface area is 122 Å². The first kappa shape index (κ1) is 14.1. The zero-order chi connectivity index (χ0) is 14.4. The van der Waals surface area contributed by atoms with Crippen molar-refractivity contribution in [3.05, 3.63) is 70.2 Å². The van der Waals surface area contributed by atoms with Crippen molar-refractivity contribution >= 4 is 17.6 Å². The van der Waals surface area contributed by atoms with Crippen LogP contribution in [-0.4, -0.2) is 5.97 Å². The van der Waals surface area contributed by atoms with Crippen LogP contribution in [0.4, 0.5) is 0 Å². The molecule has 0 saturated carbocycles. The predicted octanol–water partition coefficient (Wildman–Crippen LogP) is 3.50. The second-order valence-electron chi connectivity index (χ2n) is 4.27. The smallest absolute Gasteiger partial charge is 0.310 e. The Balaban J connectivity index is 1.85. The number of carbonyl (C=O) groups is 1. The van der Waals surface area contributed by atoms with E-state index in [1.165, 1.54) is 0 Å². The number of carbonyl (C=O) groups excluding carboxylic acids is 1. The Bertz CT molecular complexity index is 627. The van der Waals surface area contributed by atoms with E-state index in [0.29, 0.717) is 10.6 Å².